The molecule has 0 bridgehead atoms. The fourth-order valence-corrected chi connectivity index (χ4v) is 9.67. The van der Waals surface area contributed by atoms with Crippen LogP contribution in [0.15, 0.2) is 0 Å². The summed E-state index contributed by atoms with van der Waals surface area (Å²) in [5.74, 6) is 6.68. The third kappa shape index (κ3) is 12.3. The maximum atomic E-state index is 4.45. The summed E-state index contributed by atoms with van der Waals surface area (Å²) in [5, 5.41) is 2.56. The molecule has 2 atom stereocenters. The van der Waals surface area contributed by atoms with Gasteiger partial charge < -0.3 is 0 Å². The fourth-order valence-electron chi connectivity index (χ4n) is 1.08. The summed E-state index contributed by atoms with van der Waals surface area (Å²) in [6.45, 7) is 0. The van der Waals surface area contributed by atoms with Crippen molar-refractivity contribution in [3.63, 3.8) is 0 Å². The molecule has 0 aliphatic heterocycles. The molecule has 0 saturated carbocycles. The molecule has 0 aliphatic rings. The molecule has 0 radical (unpaired) electrons. The van der Waals surface area contributed by atoms with E-state index in [1.54, 1.807) is 0 Å². The zero-order valence-electron chi connectivity index (χ0n) is 9.83. The number of rotatable bonds is 12. The monoisotopic (exact) mass is 462 g/mol. The summed E-state index contributed by atoms with van der Waals surface area (Å²) in [5.41, 5.74) is 0. The van der Waals surface area contributed by atoms with Crippen LogP contribution in [0, 0.1) is 0 Å². The summed E-state index contributed by atoms with van der Waals surface area (Å²) in [7, 11) is 0. The van der Waals surface area contributed by atoms with Gasteiger partial charge in [0.25, 0.3) is 0 Å². The normalized spacial score (nSPS) is 14.8. The molecule has 0 nitrogen and oxygen atoms in total. The zero-order valence-corrected chi connectivity index (χ0v) is 17.6. The maximum absolute atomic E-state index is 4.45. The van der Waals surface area contributed by atoms with Crippen molar-refractivity contribution in [3.8, 4) is 0 Å². The predicted molar refractivity (Wildman–Crippen MR) is 101 cm³/mol. The molecule has 0 rings (SSSR count). The van der Waals surface area contributed by atoms with Crippen LogP contribution in [-0.2, 0) is 0 Å². The molecule has 0 aromatic heterocycles. The van der Waals surface area contributed by atoms with Crippen molar-refractivity contribution in [2.45, 2.75) is 20.3 Å². The van der Waals surface area contributed by atoms with E-state index >= 15 is 0 Å². The molecule has 0 N–H and O–H groups in total. The van der Waals surface area contributed by atoms with Gasteiger partial charge in [-0.25, -0.2) is 0 Å². The molecule has 17 heavy (non-hydrogen) atoms. The van der Waals surface area contributed by atoms with Crippen LogP contribution in [0.3, 0.4) is 0 Å². The van der Waals surface area contributed by atoms with Gasteiger partial charge in [0.05, 0.1) is 0 Å². The average molecular weight is 461 g/mol. The van der Waals surface area contributed by atoms with E-state index in [9.17, 15) is 0 Å². The van der Waals surface area contributed by atoms with Gasteiger partial charge in [0, 0.05) is 0 Å². The fraction of sp³-hybridized carbons (Fsp3) is 1.00. The summed E-state index contributed by atoms with van der Waals surface area (Å²) in [6.07, 6.45) is 0. The van der Waals surface area contributed by atoms with E-state index < -0.39 is 0 Å². The molecule has 0 saturated heterocycles. The Morgan fingerprint density at radius 1 is 0.765 bits per heavy atom. The zero-order chi connectivity index (χ0) is 12.9. The molecule has 104 valence electrons. The topological polar surface area (TPSA) is 0 Å². The number of hydrogen-bond acceptors (Lipinski definition) is 5. The molecular weight excluding hydrogens is 438 g/mol. The van der Waals surface area contributed by atoms with Crippen molar-refractivity contribution in [3.05, 3.63) is 0 Å². The van der Waals surface area contributed by atoms with Crippen LogP contribution in [0.1, 0.15) is 0 Å². The van der Waals surface area contributed by atoms with Crippen molar-refractivity contribution >= 4 is 92.2 Å². The van der Waals surface area contributed by atoms with E-state index in [2.05, 4.69) is 62.3 Å². The first-order valence-electron chi connectivity index (χ1n) is 5.52. The summed E-state index contributed by atoms with van der Waals surface area (Å²) < 4.78 is 0. The minimum atomic E-state index is 0.725. The second-order valence-corrected chi connectivity index (χ2v) is 11.9. The summed E-state index contributed by atoms with van der Waals surface area (Å²) in [4.78, 5) is 1.64. The van der Waals surface area contributed by atoms with Gasteiger partial charge in [-0.05, 0) is 0 Å². The van der Waals surface area contributed by atoms with Gasteiger partial charge in [0.15, 0.2) is 0 Å². The van der Waals surface area contributed by atoms with E-state index in [0.29, 0.717) is 0 Å². The first kappa shape index (κ1) is 19.8. The molecule has 0 amide bonds. The van der Waals surface area contributed by atoms with Crippen molar-refractivity contribution < 1.29 is 0 Å². The van der Waals surface area contributed by atoms with Crippen molar-refractivity contribution in [2.75, 3.05) is 34.5 Å². The molecule has 0 aromatic rings. The first-order chi connectivity index (χ1) is 8.28. The molecule has 0 spiro atoms. The van der Waals surface area contributed by atoms with Gasteiger partial charge in [-0.15, -0.1) is 0 Å². The Labute approximate surface area is 145 Å². The van der Waals surface area contributed by atoms with Gasteiger partial charge in [0.1, 0.15) is 0 Å². The third-order valence-electron chi connectivity index (χ3n) is 1.90. The van der Waals surface area contributed by atoms with E-state index in [1.165, 1.54) is 22.1 Å². The van der Waals surface area contributed by atoms with Gasteiger partial charge in [-0.1, -0.05) is 0 Å². The van der Waals surface area contributed by atoms with E-state index in [4.69, 9.17) is 0 Å². The van der Waals surface area contributed by atoms with E-state index in [1.807, 2.05) is 0 Å². The Morgan fingerprint density at radius 3 is 1.47 bits per heavy atom. The molecular formula is C10H22S5Se2. The van der Waals surface area contributed by atoms with Crippen molar-refractivity contribution in [1.82, 2.24) is 0 Å². The molecule has 0 aliphatic carbocycles. The molecule has 0 fully saturated rings. The number of thioether (sulfide) groups is 1. The first-order valence-corrected chi connectivity index (χ1v) is 13.6. The van der Waals surface area contributed by atoms with Crippen LogP contribution < -0.4 is 0 Å². The molecule has 0 aromatic carbocycles. The van der Waals surface area contributed by atoms with Crippen molar-refractivity contribution in [2.24, 2.45) is 0 Å². The van der Waals surface area contributed by atoms with Gasteiger partial charge in [-0.2, -0.15) is 0 Å². The quantitative estimate of drug-likeness (QED) is 0.256. The predicted octanol–water partition coefficient (Wildman–Crippen LogP) is 3.26. The van der Waals surface area contributed by atoms with Gasteiger partial charge in [-0.3, -0.25) is 0 Å². The second kappa shape index (κ2) is 15.2. The van der Waals surface area contributed by atoms with Crippen molar-refractivity contribution in [1.29, 1.82) is 0 Å². The van der Waals surface area contributed by atoms with Crippen LogP contribution in [0.4, 0.5) is 0 Å². The molecule has 2 unspecified atom stereocenters. The average Bonchev–Trinajstić information content (AvgIpc) is 2.37. The third-order valence-corrected chi connectivity index (χ3v) is 13.2. The standard InChI is InChI=1S/C10H22S5Se2/c11-1-3-16-9(5-13)7-15-8-10(6-14)17-4-2-12/h9-14H,1-8H2. The SMILES string of the molecule is SCC[Se]C(CS)CSCC(CS)[Se]CCS. The Hall–Kier alpha value is 2.79. The summed E-state index contributed by atoms with van der Waals surface area (Å²) >= 11 is 21.0. The Morgan fingerprint density at radius 2 is 1.18 bits per heavy atom. The Kier molecular flexibility index (Phi) is 17.7. The van der Waals surface area contributed by atoms with Gasteiger partial charge >= 0.3 is 147 Å². The number of thiol groups is 4. The molecule has 7 heteroatoms. The van der Waals surface area contributed by atoms with Crippen LogP contribution in [0.2, 0.25) is 20.3 Å². The summed E-state index contributed by atoms with van der Waals surface area (Å²) in [6, 6.07) is 0. The van der Waals surface area contributed by atoms with E-state index in [-0.39, 0.29) is 0 Å². The molecule has 0 heterocycles. The van der Waals surface area contributed by atoms with E-state index in [0.717, 1.165) is 62.6 Å². The van der Waals surface area contributed by atoms with Gasteiger partial charge in [0.2, 0.25) is 0 Å². The number of hydrogen-bond donors (Lipinski definition) is 4. The van der Waals surface area contributed by atoms with Crippen LogP contribution in [0.5, 0.6) is 0 Å². The van der Waals surface area contributed by atoms with Crippen LogP contribution in [-0.4, -0.2) is 64.4 Å². The Bertz CT molecular complexity index is 146. The minimum absolute atomic E-state index is 0.725. The second-order valence-electron chi connectivity index (χ2n) is 3.34. The van der Waals surface area contributed by atoms with Crippen LogP contribution >= 0.6 is 62.3 Å². The van der Waals surface area contributed by atoms with Crippen LogP contribution in [0.25, 0.3) is 0 Å². The Balaban J connectivity index is 3.61.